The number of nitrogens with zero attached hydrogens (tertiary/aromatic N) is 2. The van der Waals surface area contributed by atoms with E-state index in [4.69, 9.17) is 5.11 Å². The van der Waals surface area contributed by atoms with Gasteiger partial charge in [-0.2, -0.15) is 0 Å². The Morgan fingerprint density at radius 3 is 2.43 bits per heavy atom. The highest BCUT2D eigenvalue weighted by Gasteiger charge is 2.13. The number of carboxylic acids is 1. The Hall–Kier alpha value is -2.33. The van der Waals surface area contributed by atoms with E-state index in [0.29, 0.717) is 10.6 Å². The van der Waals surface area contributed by atoms with Crippen LogP contribution in [0.2, 0.25) is 0 Å². The largest absolute Gasteiger partial charge is 0.476 e. The molecule has 0 aliphatic heterocycles. The van der Waals surface area contributed by atoms with Crippen LogP contribution in [0.15, 0.2) is 29.2 Å². The van der Waals surface area contributed by atoms with Crippen molar-refractivity contribution in [1.82, 2.24) is 10.2 Å². The van der Waals surface area contributed by atoms with E-state index < -0.39 is 17.0 Å². The maximum Gasteiger partial charge on any atom is 0.367 e. The first-order valence-corrected chi connectivity index (χ1v) is 7.55. The van der Waals surface area contributed by atoms with Crippen molar-refractivity contribution in [3.05, 3.63) is 29.3 Å². The number of rotatable bonds is 5. The molecule has 3 N–H and O–H groups in total. The average molecular weight is 326 g/mol. The number of carbonyl (C=O) groups excluding carboxylic acids is 1. The molecule has 0 saturated carbocycles. The van der Waals surface area contributed by atoms with E-state index in [-0.39, 0.29) is 16.0 Å². The maximum atomic E-state index is 12.0. The van der Waals surface area contributed by atoms with Crippen molar-refractivity contribution in [2.45, 2.75) is 11.8 Å². The SMILES string of the molecule is CC(=O)Nc1ccc(S(=O)Nc2nnc(C(=O)O)s2)cc1. The van der Waals surface area contributed by atoms with Crippen LogP contribution >= 0.6 is 11.3 Å². The summed E-state index contributed by atoms with van der Waals surface area (Å²) in [6.45, 7) is 1.39. The normalized spacial score (nSPS) is 11.7. The highest BCUT2D eigenvalue weighted by atomic mass is 32.2. The van der Waals surface area contributed by atoms with Crippen LogP contribution in [0.4, 0.5) is 10.8 Å². The first kappa shape index (κ1) is 15.1. The van der Waals surface area contributed by atoms with Gasteiger partial charge in [0.25, 0.3) is 0 Å². The summed E-state index contributed by atoms with van der Waals surface area (Å²) in [4.78, 5) is 22.0. The van der Waals surface area contributed by atoms with Gasteiger partial charge in [-0.15, -0.1) is 10.2 Å². The van der Waals surface area contributed by atoms with Crippen molar-refractivity contribution in [2.75, 3.05) is 10.0 Å². The molecule has 2 rings (SSSR count). The third-order valence-corrected chi connectivity index (χ3v) is 4.21. The molecule has 0 radical (unpaired) electrons. The van der Waals surface area contributed by atoms with Crippen molar-refractivity contribution in [1.29, 1.82) is 0 Å². The zero-order valence-electron chi connectivity index (χ0n) is 10.7. The van der Waals surface area contributed by atoms with Gasteiger partial charge in [-0.05, 0) is 24.3 Å². The summed E-state index contributed by atoms with van der Waals surface area (Å²) in [5, 5.41) is 18.3. The molecule has 1 atom stereocenters. The van der Waals surface area contributed by atoms with Crippen LogP contribution in [0, 0.1) is 0 Å². The lowest BCUT2D eigenvalue weighted by atomic mass is 10.3. The molecule has 110 valence electrons. The van der Waals surface area contributed by atoms with E-state index in [0.717, 1.165) is 11.3 Å². The van der Waals surface area contributed by atoms with Gasteiger partial charge < -0.3 is 10.4 Å². The van der Waals surface area contributed by atoms with Crippen LogP contribution in [-0.2, 0) is 15.8 Å². The molecule has 1 amide bonds. The van der Waals surface area contributed by atoms with Crippen LogP contribution in [0.1, 0.15) is 16.7 Å². The summed E-state index contributed by atoms with van der Waals surface area (Å²) < 4.78 is 14.6. The summed E-state index contributed by atoms with van der Waals surface area (Å²) in [7, 11) is -1.60. The standard InChI is InChI=1S/C11H10N4O4S2/c1-6(16)12-7-2-4-8(5-3-7)21(19)15-11-14-13-9(20-11)10(17)18/h2-5H,1H3,(H,12,16)(H,14,15)(H,17,18). The lowest BCUT2D eigenvalue weighted by molar-refractivity contribution is -0.114. The van der Waals surface area contributed by atoms with Gasteiger partial charge in [0.15, 0.2) is 11.0 Å². The zero-order chi connectivity index (χ0) is 15.4. The van der Waals surface area contributed by atoms with E-state index in [9.17, 15) is 13.8 Å². The Labute approximate surface area is 125 Å². The van der Waals surface area contributed by atoms with Gasteiger partial charge in [-0.25, -0.2) is 9.00 Å². The molecule has 0 saturated heterocycles. The topological polar surface area (TPSA) is 121 Å². The summed E-state index contributed by atoms with van der Waals surface area (Å²) in [6, 6.07) is 6.37. The molecule has 21 heavy (non-hydrogen) atoms. The molecule has 0 bridgehead atoms. The molecule has 1 aromatic heterocycles. The van der Waals surface area contributed by atoms with Crippen molar-refractivity contribution in [2.24, 2.45) is 0 Å². The van der Waals surface area contributed by atoms with Crippen LogP contribution in [0.3, 0.4) is 0 Å². The minimum atomic E-state index is -1.60. The fourth-order valence-corrected chi connectivity index (χ4v) is 2.88. The first-order valence-electron chi connectivity index (χ1n) is 5.58. The van der Waals surface area contributed by atoms with Crippen molar-refractivity contribution < 1.29 is 18.9 Å². The fraction of sp³-hybridized carbons (Fsp3) is 0.0909. The molecule has 8 nitrogen and oxygen atoms in total. The molecule has 10 heteroatoms. The predicted molar refractivity (Wildman–Crippen MR) is 77.6 cm³/mol. The number of benzene rings is 1. The Balaban J connectivity index is 2.05. The Bertz CT molecular complexity index is 699. The second kappa shape index (κ2) is 6.41. The molecule has 0 fully saturated rings. The number of aromatic nitrogens is 2. The zero-order valence-corrected chi connectivity index (χ0v) is 12.3. The number of aromatic carboxylic acids is 1. The van der Waals surface area contributed by atoms with Crippen molar-refractivity contribution >= 4 is 45.0 Å². The Morgan fingerprint density at radius 2 is 1.90 bits per heavy atom. The highest BCUT2D eigenvalue weighted by molar-refractivity contribution is 7.86. The first-order chi connectivity index (χ1) is 9.95. The summed E-state index contributed by atoms with van der Waals surface area (Å²) in [6.07, 6.45) is 0. The van der Waals surface area contributed by atoms with Crippen LogP contribution < -0.4 is 10.0 Å². The number of hydrogen-bond acceptors (Lipinski definition) is 6. The molecular weight excluding hydrogens is 316 g/mol. The molecule has 1 heterocycles. The van der Waals surface area contributed by atoms with E-state index in [1.807, 2.05) is 0 Å². The van der Waals surface area contributed by atoms with Gasteiger partial charge in [0.1, 0.15) is 0 Å². The van der Waals surface area contributed by atoms with Gasteiger partial charge in [0, 0.05) is 12.6 Å². The van der Waals surface area contributed by atoms with E-state index in [2.05, 4.69) is 20.2 Å². The molecule has 2 aromatic rings. The summed E-state index contributed by atoms with van der Waals surface area (Å²) in [5.74, 6) is -1.39. The maximum absolute atomic E-state index is 12.0. The third-order valence-electron chi connectivity index (χ3n) is 2.18. The molecule has 0 spiro atoms. The summed E-state index contributed by atoms with van der Waals surface area (Å²) >= 11 is 0.793. The lowest BCUT2D eigenvalue weighted by Gasteiger charge is -2.04. The molecule has 1 unspecified atom stereocenters. The monoisotopic (exact) mass is 326 g/mol. The van der Waals surface area contributed by atoms with Gasteiger partial charge in [0.05, 0.1) is 4.90 Å². The number of hydrogen-bond donors (Lipinski definition) is 3. The number of anilines is 2. The smallest absolute Gasteiger partial charge is 0.367 e. The Kier molecular flexibility index (Phi) is 4.60. The van der Waals surface area contributed by atoms with E-state index >= 15 is 0 Å². The Morgan fingerprint density at radius 1 is 1.24 bits per heavy atom. The second-order valence-electron chi connectivity index (χ2n) is 3.79. The van der Waals surface area contributed by atoms with Gasteiger partial charge in [-0.1, -0.05) is 11.3 Å². The second-order valence-corrected chi connectivity index (χ2v) is 5.98. The van der Waals surface area contributed by atoms with Crippen LogP contribution in [0.25, 0.3) is 0 Å². The van der Waals surface area contributed by atoms with Gasteiger partial charge in [0.2, 0.25) is 16.0 Å². The molecule has 0 aliphatic carbocycles. The van der Waals surface area contributed by atoms with E-state index in [1.165, 1.54) is 6.92 Å². The molecule has 1 aromatic carbocycles. The minimum absolute atomic E-state index is 0.150. The number of carboxylic acid groups (broad SMARTS) is 1. The predicted octanol–water partition coefficient (Wildman–Crippen LogP) is 1.33. The average Bonchev–Trinajstić information content (AvgIpc) is 2.87. The van der Waals surface area contributed by atoms with Gasteiger partial charge >= 0.3 is 5.97 Å². The molecular formula is C11H10N4O4S2. The number of carbonyl (C=O) groups is 2. The van der Waals surface area contributed by atoms with Crippen LogP contribution in [-0.4, -0.2) is 31.4 Å². The van der Waals surface area contributed by atoms with E-state index in [1.54, 1.807) is 24.3 Å². The quantitative estimate of drug-likeness (QED) is 0.762. The fourth-order valence-electron chi connectivity index (χ4n) is 1.35. The van der Waals surface area contributed by atoms with Gasteiger partial charge in [-0.3, -0.25) is 9.52 Å². The third kappa shape index (κ3) is 4.07. The van der Waals surface area contributed by atoms with Crippen molar-refractivity contribution in [3.8, 4) is 0 Å². The molecule has 0 aliphatic rings. The highest BCUT2D eigenvalue weighted by Crippen LogP contribution is 2.19. The number of nitrogens with one attached hydrogen (secondary N) is 2. The summed E-state index contributed by atoms with van der Waals surface area (Å²) in [5.41, 5.74) is 0.590. The van der Waals surface area contributed by atoms with Crippen molar-refractivity contribution in [3.63, 3.8) is 0 Å². The minimum Gasteiger partial charge on any atom is -0.476 e. The lowest BCUT2D eigenvalue weighted by Crippen LogP contribution is -2.07. The number of amides is 1. The van der Waals surface area contributed by atoms with Crippen LogP contribution in [0.5, 0.6) is 0 Å².